The monoisotopic (exact) mass is 650 g/mol. The summed E-state index contributed by atoms with van der Waals surface area (Å²) in [7, 11) is 1.74. The minimum atomic E-state index is -4.54. The van der Waals surface area contributed by atoms with E-state index in [4.69, 9.17) is 21.1 Å². The second kappa shape index (κ2) is 12.8. The molecule has 8 nitrogen and oxygen atoms in total. The summed E-state index contributed by atoms with van der Waals surface area (Å²) in [5, 5.41) is 4.66. The Morgan fingerprint density at radius 1 is 1.14 bits per heavy atom. The number of aromatic nitrogens is 1. The van der Waals surface area contributed by atoms with Gasteiger partial charge in [0.1, 0.15) is 22.2 Å². The maximum Gasteiger partial charge on any atom is 0.391 e. The number of nitrogens with one attached hydrogen (secondary N) is 1. The minimum absolute atomic E-state index is 0.0876. The Morgan fingerprint density at radius 2 is 1.88 bits per heavy atom. The third-order valence-electron chi connectivity index (χ3n) is 7.31. The van der Waals surface area contributed by atoms with Crippen LogP contribution in [-0.2, 0) is 16.6 Å². The van der Waals surface area contributed by atoms with Gasteiger partial charge in [-0.05, 0) is 57.6 Å². The summed E-state index contributed by atoms with van der Waals surface area (Å²) in [4.78, 5) is 5.15. The normalized spacial score (nSPS) is 19.5. The van der Waals surface area contributed by atoms with E-state index in [1.807, 2.05) is 0 Å². The van der Waals surface area contributed by atoms with Crippen molar-refractivity contribution in [2.24, 2.45) is 5.92 Å². The predicted molar refractivity (Wildman–Crippen MR) is 155 cm³/mol. The Morgan fingerprint density at radius 3 is 2.48 bits per heavy atom. The summed E-state index contributed by atoms with van der Waals surface area (Å²) in [5.74, 6) is -1.65. The molecule has 1 fully saturated rings. The van der Waals surface area contributed by atoms with E-state index in [0.29, 0.717) is 17.1 Å². The molecule has 230 valence electrons. The van der Waals surface area contributed by atoms with Gasteiger partial charge in [0.25, 0.3) is 10.0 Å². The van der Waals surface area contributed by atoms with Crippen LogP contribution in [0.25, 0.3) is 0 Å². The molecule has 3 atom stereocenters. The smallest absolute Gasteiger partial charge is 0.391 e. The van der Waals surface area contributed by atoms with E-state index in [2.05, 4.69) is 10.3 Å². The van der Waals surface area contributed by atoms with Crippen molar-refractivity contribution in [1.82, 2.24) is 9.88 Å². The van der Waals surface area contributed by atoms with Crippen LogP contribution in [-0.4, -0.2) is 64.9 Å². The summed E-state index contributed by atoms with van der Waals surface area (Å²) < 4.78 is 95.2. The van der Waals surface area contributed by atoms with Crippen molar-refractivity contribution >= 4 is 43.8 Å². The first-order valence-corrected chi connectivity index (χ1v) is 15.6. The average Bonchev–Trinajstić information content (AvgIpc) is 3.47. The Bertz CT molecular complexity index is 1490. The molecule has 4 rings (SSSR count). The molecule has 0 aliphatic heterocycles. The van der Waals surface area contributed by atoms with Gasteiger partial charge in [-0.1, -0.05) is 11.6 Å². The van der Waals surface area contributed by atoms with Crippen LogP contribution < -0.4 is 19.1 Å². The highest BCUT2D eigenvalue weighted by atomic mass is 35.5. The number of likely N-dealkylation sites (N-methyl/N-ethyl adjacent to an activating group) is 1. The number of anilines is 2. The molecule has 1 heterocycles. The van der Waals surface area contributed by atoms with E-state index in [-0.39, 0.29) is 41.6 Å². The van der Waals surface area contributed by atoms with Crippen LogP contribution in [0.5, 0.6) is 11.5 Å². The number of sulfonamides is 1. The molecule has 0 unspecified atom stereocenters. The first kappa shape index (κ1) is 32.1. The van der Waals surface area contributed by atoms with Crippen LogP contribution in [0.4, 0.5) is 28.4 Å². The standard InChI is InChI=1S/C27H31ClF4N4O4S2/c1-35(2)23-11-17(27(30,31)32)6-8-21(23)34-22-14-20(29)25(13-19(22)28)42(37,38)36(26-33-9-10-41-26)15-16-5-7-18(39-3)12-24(16)40-4/h5,7,9-10,12-14,17,21,23,34H,6,8,11,15H2,1-4H3/t17-,21+,23+/m1/s1. The largest absolute Gasteiger partial charge is 0.497 e. The van der Waals surface area contributed by atoms with Crippen molar-refractivity contribution in [3.8, 4) is 11.5 Å². The lowest BCUT2D eigenvalue weighted by Gasteiger charge is -2.41. The van der Waals surface area contributed by atoms with Crippen LogP contribution in [0.3, 0.4) is 0 Å². The number of halogens is 5. The van der Waals surface area contributed by atoms with Crippen LogP contribution in [0.15, 0.2) is 46.8 Å². The topological polar surface area (TPSA) is 84.0 Å². The molecular weight excluding hydrogens is 620 g/mol. The number of alkyl halides is 3. The Labute approximate surface area is 251 Å². The summed E-state index contributed by atoms with van der Waals surface area (Å²) in [6.07, 6.45) is -2.92. The minimum Gasteiger partial charge on any atom is -0.497 e. The summed E-state index contributed by atoms with van der Waals surface area (Å²) in [5.41, 5.74) is 0.569. The molecule has 42 heavy (non-hydrogen) atoms. The van der Waals surface area contributed by atoms with Crippen LogP contribution >= 0.6 is 22.9 Å². The van der Waals surface area contributed by atoms with Crippen LogP contribution in [0.2, 0.25) is 5.02 Å². The van der Waals surface area contributed by atoms with Crippen molar-refractivity contribution in [2.75, 3.05) is 37.9 Å². The van der Waals surface area contributed by atoms with Crippen molar-refractivity contribution in [2.45, 2.75) is 49.0 Å². The van der Waals surface area contributed by atoms with E-state index in [1.54, 1.807) is 42.6 Å². The lowest BCUT2D eigenvalue weighted by molar-refractivity contribution is -0.186. The number of nitrogens with zero attached hydrogens (tertiary/aromatic N) is 3. The number of ether oxygens (including phenoxy) is 2. The summed E-state index contributed by atoms with van der Waals surface area (Å²) >= 11 is 7.53. The molecule has 0 saturated heterocycles. The van der Waals surface area contributed by atoms with Gasteiger partial charge in [0, 0.05) is 35.3 Å². The zero-order valence-corrected chi connectivity index (χ0v) is 25.7. The van der Waals surface area contributed by atoms with Gasteiger partial charge < -0.3 is 19.7 Å². The predicted octanol–water partition coefficient (Wildman–Crippen LogP) is 6.42. The molecule has 2 aromatic carbocycles. The van der Waals surface area contributed by atoms with Gasteiger partial charge in [0.15, 0.2) is 5.13 Å². The zero-order valence-electron chi connectivity index (χ0n) is 23.3. The molecule has 1 aliphatic carbocycles. The highest BCUT2D eigenvalue weighted by Gasteiger charge is 2.45. The molecule has 0 amide bonds. The molecule has 15 heteroatoms. The Hall–Kier alpha value is -2.81. The van der Waals surface area contributed by atoms with Crippen molar-refractivity contribution in [3.63, 3.8) is 0 Å². The fraction of sp³-hybridized carbons (Fsp3) is 0.444. The number of hydrogen-bond donors (Lipinski definition) is 1. The van der Waals surface area contributed by atoms with E-state index >= 15 is 4.39 Å². The van der Waals surface area contributed by atoms with E-state index in [0.717, 1.165) is 27.8 Å². The summed E-state index contributed by atoms with van der Waals surface area (Å²) in [6, 6.07) is 5.88. The number of hydrogen-bond acceptors (Lipinski definition) is 8. The second-order valence-electron chi connectivity index (χ2n) is 10.1. The molecular formula is C27H31ClF4N4O4S2. The Kier molecular flexibility index (Phi) is 9.80. The van der Waals surface area contributed by atoms with Crippen LogP contribution in [0.1, 0.15) is 24.8 Å². The molecule has 0 spiro atoms. The fourth-order valence-electron chi connectivity index (χ4n) is 5.07. The highest BCUT2D eigenvalue weighted by molar-refractivity contribution is 7.93. The van der Waals surface area contributed by atoms with Crippen molar-refractivity contribution < 1.29 is 35.5 Å². The maximum absolute atomic E-state index is 15.6. The molecule has 3 aromatic rings. The molecule has 1 aliphatic rings. The quantitative estimate of drug-likeness (QED) is 0.254. The zero-order chi connectivity index (χ0) is 30.8. The molecule has 0 radical (unpaired) electrons. The third kappa shape index (κ3) is 6.87. The van der Waals surface area contributed by atoms with Gasteiger partial charge in [0.2, 0.25) is 0 Å². The highest BCUT2D eigenvalue weighted by Crippen LogP contribution is 2.41. The molecule has 1 N–H and O–H groups in total. The first-order valence-electron chi connectivity index (χ1n) is 12.9. The average molecular weight is 651 g/mol. The van der Waals surface area contributed by atoms with E-state index in [1.165, 1.54) is 20.4 Å². The number of benzene rings is 2. The summed E-state index contributed by atoms with van der Waals surface area (Å²) in [6.45, 7) is -0.229. The lowest BCUT2D eigenvalue weighted by atomic mass is 9.81. The third-order valence-corrected chi connectivity index (χ3v) is 10.3. The SMILES string of the molecule is COc1ccc(CN(c2nccs2)S(=O)(=O)c2cc(Cl)c(N[C@H]3CC[C@@H](C(F)(F)F)C[C@@H]3N(C)C)cc2F)c(OC)c1. The van der Waals surface area contributed by atoms with Gasteiger partial charge in [-0.25, -0.2) is 22.1 Å². The van der Waals surface area contributed by atoms with Gasteiger partial charge in [-0.15, -0.1) is 11.3 Å². The molecule has 0 bridgehead atoms. The number of rotatable bonds is 10. The van der Waals surface area contributed by atoms with E-state index < -0.39 is 44.9 Å². The van der Waals surface area contributed by atoms with Gasteiger partial charge in [0.05, 0.1) is 37.4 Å². The maximum atomic E-state index is 15.6. The fourth-order valence-corrected chi connectivity index (χ4v) is 7.70. The van der Waals surface area contributed by atoms with Crippen molar-refractivity contribution in [3.05, 3.63) is 58.3 Å². The van der Waals surface area contributed by atoms with Gasteiger partial charge in [-0.3, -0.25) is 0 Å². The van der Waals surface area contributed by atoms with Gasteiger partial charge >= 0.3 is 6.18 Å². The van der Waals surface area contributed by atoms with Crippen LogP contribution in [0, 0.1) is 11.7 Å². The first-order chi connectivity index (χ1) is 19.8. The number of thiazole rings is 1. The second-order valence-corrected chi connectivity index (χ2v) is 13.2. The Balaban J connectivity index is 1.65. The van der Waals surface area contributed by atoms with E-state index in [9.17, 15) is 21.6 Å². The van der Waals surface area contributed by atoms with Crippen molar-refractivity contribution in [1.29, 1.82) is 0 Å². The van der Waals surface area contributed by atoms with Gasteiger partial charge in [-0.2, -0.15) is 13.2 Å². The lowest BCUT2D eigenvalue weighted by Crippen LogP contribution is -2.49. The number of methoxy groups -OCH3 is 2. The molecule has 1 saturated carbocycles. The molecule has 1 aromatic heterocycles.